The second-order valence-electron chi connectivity index (χ2n) is 6.82. The van der Waals surface area contributed by atoms with E-state index in [-0.39, 0.29) is 6.61 Å². The molecule has 0 amide bonds. The molecule has 0 fully saturated rings. The number of fused-ring (bicyclic) bond motifs is 1. The van der Waals surface area contributed by atoms with Crippen molar-refractivity contribution < 1.29 is 28.5 Å². The van der Waals surface area contributed by atoms with Crippen LogP contribution in [0.5, 0.6) is 23.0 Å². The van der Waals surface area contributed by atoms with Crippen LogP contribution in [0, 0.1) is 0 Å². The average Bonchev–Trinajstić information content (AvgIpc) is 2.98. The van der Waals surface area contributed by atoms with Crippen LogP contribution in [0.1, 0.15) is 37.0 Å². The maximum absolute atomic E-state index is 12.7. The Hall–Kier alpha value is -3.68. The van der Waals surface area contributed by atoms with Crippen molar-refractivity contribution in [2.24, 2.45) is 5.10 Å². The van der Waals surface area contributed by atoms with Gasteiger partial charge < -0.3 is 23.7 Å². The molecule has 8 nitrogen and oxygen atoms in total. The van der Waals surface area contributed by atoms with Crippen LogP contribution in [0.15, 0.2) is 41.1 Å². The van der Waals surface area contributed by atoms with Gasteiger partial charge in [0, 0.05) is 11.1 Å². The Labute approximate surface area is 187 Å². The largest absolute Gasteiger partial charge is 0.493 e. The molecular formula is C24H28N2O6. The lowest BCUT2D eigenvalue weighted by molar-refractivity contribution is -0.138. The molecule has 0 radical (unpaired) electrons. The summed E-state index contributed by atoms with van der Waals surface area (Å²) in [6.07, 6.45) is 0.568. The molecule has 1 N–H and O–H groups in total. The van der Waals surface area contributed by atoms with Gasteiger partial charge in [0.15, 0.2) is 23.0 Å². The number of carbonyl (C=O) groups is 1. The van der Waals surface area contributed by atoms with Gasteiger partial charge >= 0.3 is 5.97 Å². The fourth-order valence-electron chi connectivity index (χ4n) is 3.64. The molecule has 0 spiro atoms. The molecule has 3 rings (SSSR count). The third kappa shape index (κ3) is 4.21. The zero-order valence-electron chi connectivity index (χ0n) is 19.2. The third-order valence-electron chi connectivity index (χ3n) is 5.18. The van der Waals surface area contributed by atoms with Crippen molar-refractivity contribution in [2.45, 2.75) is 20.3 Å². The van der Waals surface area contributed by atoms with Gasteiger partial charge in [-0.15, -0.1) is 0 Å². The molecule has 2 aromatic carbocycles. The van der Waals surface area contributed by atoms with E-state index < -0.39 is 5.97 Å². The summed E-state index contributed by atoms with van der Waals surface area (Å²) in [5.41, 5.74) is 6.94. The molecular weight excluding hydrogens is 412 g/mol. The number of rotatable bonds is 8. The monoisotopic (exact) mass is 440 g/mol. The molecule has 0 saturated carbocycles. The first-order valence-corrected chi connectivity index (χ1v) is 10.3. The van der Waals surface area contributed by atoms with E-state index in [2.05, 4.69) is 10.5 Å². The summed E-state index contributed by atoms with van der Waals surface area (Å²) < 4.78 is 27.2. The number of nitrogens with zero attached hydrogens (tertiary/aromatic N) is 1. The van der Waals surface area contributed by atoms with Crippen LogP contribution in [0.25, 0.3) is 5.57 Å². The predicted molar refractivity (Wildman–Crippen MR) is 122 cm³/mol. The summed E-state index contributed by atoms with van der Waals surface area (Å²) in [7, 11) is 6.31. The van der Waals surface area contributed by atoms with Crippen LogP contribution < -0.4 is 24.4 Å². The minimum Gasteiger partial charge on any atom is -0.493 e. The van der Waals surface area contributed by atoms with E-state index in [1.807, 2.05) is 37.3 Å². The summed E-state index contributed by atoms with van der Waals surface area (Å²) in [4.78, 5) is 12.7. The van der Waals surface area contributed by atoms with Gasteiger partial charge in [0.1, 0.15) is 5.70 Å². The van der Waals surface area contributed by atoms with E-state index in [1.165, 1.54) is 0 Å². The van der Waals surface area contributed by atoms with Gasteiger partial charge in [-0.25, -0.2) is 4.79 Å². The summed E-state index contributed by atoms with van der Waals surface area (Å²) >= 11 is 0. The molecule has 1 aliphatic rings. The average molecular weight is 440 g/mol. The van der Waals surface area contributed by atoms with Gasteiger partial charge in [-0.05, 0) is 54.8 Å². The van der Waals surface area contributed by atoms with Crippen molar-refractivity contribution in [2.75, 3.05) is 35.0 Å². The lowest BCUT2D eigenvalue weighted by atomic mass is 9.90. The first-order chi connectivity index (χ1) is 15.5. The number of allylic oxidation sites excluding steroid dienone is 1. The Balaban J connectivity index is 2.30. The summed E-state index contributed by atoms with van der Waals surface area (Å²) in [6, 6.07) is 9.23. The highest BCUT2D eigenvalue weighted by molar-refractivity contribution is 6.17. The Morgan fingerprint density at radius 3 is 2.00 bits per heavy atom. The van der Waals surface area contributed by atoms with E-state index in [4.69, 9.17) is 23.7 Å². The highest BCUT2D eigenvalue weighted by Gasteiger charge is 2.27. The van der Waals surface area contributed by atoms with Crippen LogP contribution in [0.2, 0.25) is 0 Å². The molecule has 0 aliphatic carbocycles. The number of hydrazone groups is 1. The van der Waals surface area contributed by atoms with Crippen molar-refractivity contribution in [3.8, 4) is 23.0 Å². The van der Waals surface area contributed by atoms with Gasteiger partial charge in [0.05, 0.1) is 40.8 Å². The first-order valence-electron chi connectivity index (χ1n) is 10.3. The second kappa shape index (κ2) is 10.1. The Morgan fingerprint density at radius 2 is 1.44 bits per heavy atom. The molecule has 0 atom stereocenters. The first kappa shape index (κ1) is 23.0. The second-order valence-corrected chi connectivity index (χ2v) is 6.82. The fraction of sp³-hybridized carbons (Fsp3) is 0.333. The number of benzene rings is 2. The topological polar surface area (TPSA) is 87.6 Å². The van der Waals surface area contributed by atoms with E-state index in [9.17, 15) is 4.79 Å². The lowest BCUT2D eigenvalue weighted by Gasteiger charge is -2.17. The zero-order valence-corrected chi connectivity index (χ0v) is 19.2. The third-order valence-corrected chi connectivity index (χ3v) is 5.18. The van der Waals surface area contributed by atoms with E-state index in [1.54, 1.807) is 35.4 Å². The number of carbonyl (C=O) groups excluding carboxylic acids is 1. The Kier molecular flexibility index (Phi) is 7.25. The van der Waals surface area contributed by atoms with Gasteiger partial charge in [-0.1, -0.05) is 6.92 Å². The number of nitrogens with one attached hydrogen (secondary N) is 1. The fourth-order valence-corrected chi connectivity index (χ4v) is 3.64. The SMILES string of the molecule is CCOC(=O)C1=C(CC)c2cc(OC)c(OC)cc2C(c2ccc(OC)c(OC)c2)=NN1. The summed E-state index contributed by atoms with van der Waals surface area (Å²) in [6.45, 7) is 3.99. The Bertz CT molecular complexity index is 1070. The molecule has 0 aromatic heterocycles. The van der Waals surface area contributed by atoms with E-state index in [0.29, 0.717) is 40.8 Å². The normalized spacial score (nSPS) is 12.8. The number of methoxy groups -OCH3 is 4. The van der Waals surface area contributed by atoms with Crippen molar-refractivity contribution in [1.82, 2.24) is 5.43 Å². The molecule has 0 unspecified atom stereocenters. The smallest absolute Gasteiger partial charge is 0.356 e. The number of ether oxygens (including phenoxy) is 5. The zero-order chi connectivity index (χ0) is 23.3. The number of hydrogen-bond acceptors (Lipinski definition) is 8. The highest BCUT2D eigenvalue weighted by Crippen LogP contribution is 2.39. The van der Waals surface area contributed by atoms with Gasteiger partial charge in [0.25, 0.3) is 0 Å². The van der Waals surface area contributed by atoms with Crippen molar-refractivity contribution in [3.63, 3.8) is 0 Å². The van der Waals surface area contributed by atoms with Crippen molar-refractivity contribution in [1.29, 1.82) is 0 Å². The summed E-state index contributed by atoms with van der Waals surface area (Å²) in [5.74, 6) is 1.80. The van der Waals surface area contributed by atoms with Gasteiger partial charge in [-0.2, -0.15) is 5.10 Å². The Morgan fingerprint density at radius 1 is 0.844 bits per heavy atom. The molecule has 32 heavy (non-hydrogen) atoms. The van der Waals surface area contributed by atoms with Crippen molar-refractivity contribution in [3.05, 3.63) is 52.7 Å². The molecule has 0 bridgehead atoms. The highest BCUT2D eigenvalue weighted by atomic mass is 16.5. The van der Waals surface area contributed by atoms with E-state index >= 15 is 0 Å². The van der Waals surface area contributed by atoms with Crippen LogP contribution >= 0.6 is 0 Å². The number of esters is 1. The van der Waals surface area contributed by atoms with Crippen LogP contribution in [-0.2, 0) is 9.53 Å². The molecule has 0 saturated heterocycles. The number of hydrogen-bond donors (Lipinski definition) is 1. The van der Waals surface area contributed by atoms with Gasteiger partial charge in [0.2, 0.25) is 0 Å². The predicted octanol–water partition coefficient (Wildman–Crippen LogP) is 3.76. The molecule has 1 aliphatic heterocycles. The standard InChI is InChI=1S/C24H28N2O6/c1-7-15-16-12-20(30-5)21(31-6)13-17(16)22(25-26-23(15)24(27)32-8-2)14-9-10-18(28-3)19(11-14)29-4/h9-13,26H,7-8H2,1-6H3. The minimum absolute atomic E-state index is 0.256. The molecule has 170 valence electrons. The molecule has 8 heteroatoms. The van der Waals surface area contributed by atoms with Crippen LogP contribution in [0.4, 0.5) is 0 Å². The summed E-state index contributed by atoms with van der Waals surface area (Å²) in [5, 5.41) is 4.59. The maximum Gasteiger partial charge on any atom is 0.356 e. The van der Waals surface area contributed by atoms with Crippen molar-refractivity contribution >= 4 is 17.3 Å². The van der Waals surface area contributed by atoms with Crippen LogP contribution in [-0.4, -0.2) is 46.7 Å². The quantitative estimate of drug-likeness (QED) is 0.626. The molecule has 1 heterocycles. The van der Waals surface area contributed by atoms with E-state index in [0.717, 1.165) is 22.3 Å². The molecule has 2 aromatic rings. The van der Waals surface area contributed by atoms with Crippen LogP contribution in [0.3, 0.4) is 0 Å². The lowest BCUT2D eigenvalue weighted by Crippen LogP contribution is -2.20. The maximum atomic E-state index is 12.7. The minimum atomic E-state index is -0.470. The van der Waals surface area contributed by atoms with Gasteiger partial charge in [-0.3, -0.25) is 5.43 Å².